The number of aryl methyl sites for hydroxylation is 3. The summed E-state index contributed by atoms with van der Waals surface area (Å²) >= 11 is 1.30. The van der Waals surface area contributed by atoms with Crippen LogP contribution in [-0.4, -0.2) is 26.7 Å². The van der Waals surface area contributed by atoms with E-state index >= 15 is 0 Å². The minimum atomic E-state index is -3.90. The Labute approximate surface area is 144 Å². The second kappa shape index (κ2) is 6.21. The Bertz CT molecular complexity index is 876. The first kappa shape index (κ1) is 17.0. The molecule has 0 saturated carbocycles. The van der Waals surface area contributed by atoms with Crippen molar-refractivity contribution >= 4 is 32.3 Å². The fraction of sp³-hybridized carbons (Fsp3) is 0.467. The number of thiophene rings is 1. The predicted octanol–water partition coefficient (Wildman–Crippen LogP) is 2.82. The molecular weight excluding hydrogens is 352 g/mol. The van der Waals surface area contributed by atoms with E-state index in [0.717, 1.165) is 36.1 Å². The van der Waals surface area contributed by atoms with Crippen LogP contribution in [0.5, 0.6) is 0 Å². The van der Waals surface area contributed by atoms with Gasteiger partial charge in [-0.1, -0.05) is 5.16 Å². The highest BCUT2D eigenvalue weighted by Crippen LogP contribution is 2.39. The third-order valence-electron chi connectivity index (χ3n) is 4.02. The SMILES string of the molecule is COC(=O)c1c(NS(=O)(=O)c2c(C)noc2C)sc2c1CCCC2. The molecule has 0 fully saturated rings. The van der Waals surface area contributed by atoms with E-state index in [1.54, 1.807) is 6.92 Å². The van der Waals surface area contributed by atoms with Gasteiger partial charge in [-0.15, -0.1) is 11.3 Å². The average Bonchev–Trinajstić information content (AvgIpc) is 3.05. The van der Waals surface area contributed by atoms with E-state index < -0.39 is 16.0 Å². The standard InChI is InChI=1S/C15H18N2O5S2/c1-8-13(9(2)22-16-8)24(19,20)17-14-12(15(18)21-3)10-6-4-5-7-11(10)23-14/h17H,4-7H2,1-3H3. The van der Waals surface area contributed by atoms with Crippen LogP contribution in [0.3, 0.4) is 0 Å². The third-order valence-corrected chi connectivity index (χ3v) is 6.95. The van der Waals surface area contributed by atoms with Crippen LogP contribution < -0.4 is 4.72 Å². The molecule has 9 heteroatoms. The summed E-state index contributed by atoms with van der Waals surface area (Å²) in [5, 5.41) is 3.98. The number of aromatic nitrogens is 1. The number of carbonyl (C=O) groups is 1. The Balaban J connectivity index is 2.07. The first-order chi connectivity index (χ1) is 11.3. The molecule has 0 aliphatic heterocycles. The molecular formula is C15H18N2O5S2. The molecule has 7 nitrogen and oxygen atoms in total. The lowest BCUT2D eigenvalue weighted by Crippen LogP contribution is -2.16. The summed E-state index contributed by atoms with van der Waals surface area (Å²) in [6.07, 6.45) is 3.61. The number of ether oxygens (including phenoxy) is 1. The van der Waals surface area contributed by atoms with Crippen molar-refractivity contribution in [1.29, 1.82) is 0 Å². The van der Waals surface area contributed by atoms with Crippen LogP contribution in [0.15, 0.2) is 9.42 Å². The average molecular weight is 370 g/mol. The van der Waals surface area contributed by atoms with Gasteiger partial charge in [0.2, 0.25) is 0 Å². The summed E-state index contributed by atoms with van der Waals surface area (Å²) in [5.74, 6) is -0.313. The van der Waals surface area contributed by atoms with Crippen molar-refractivity contribution in [2.45, 2.75) is 44.4 Å². The highest BCUT2D eigenvalue weighted by atomic mass is 32.2. The lowest BCUT2D eigenvalue weighted by Gasteiger charge is -2.12. The fourth-order valence-corrected chi connectivity index (χ4v) is 5.90. The van der Waals surface area contributed by atoms with Gasteiger partial charge in [0.1, 0.15) is 10.7 Å². The molecule has 0 spiro atoms. The molecule has 0 radical (unpaired) electrons. The summed E-state index contributed by atoms with van der Waals surface area (Å²) < 4.78 is 37.8. The number of nitrogens with zero attached hydrogens (tertiary/aromatic N) is 1. The lowest BCUT2D eigenvalue weighted by molar-refractivity contribution is 0.0601. The Morgan fingerprint density at radius 3 is 2.62 bits per heavy atom. The summed E-state index contributed by atoms with van der Waals surface area (Å²) in [4.78, 5) is 13.2. The molecule has 2 heterocycles. The zero-order valence-corrected chi connectivity index (χ0v) is 15.3. The van der Waals surface area contributed by atoms with E-state index in [1.807, 2.05) is 0 Å². The molecule has 1 aliphatic rings. The van der Waals surface area contributed by atoms with Crippen LogP contribution in [0, 0.1) is 13.8 Å². The van der Waals surface area contributed by atoms with Crippen LogP contribution >= 0.6 is 11.3 Å². The molecule has 24 heavy (non-hydrogen) atoms. The molecule has 0 atom stereocenters. The number of hydrogen-bond donors (Lipinski definition) is 1. The number of anilines is 1. The van der Waals surface area contributed by atoms with Gasteiger partial charge in [-0.2, -0.15) is 0 Å². The molecule has 2 aromatic heterocycles. The van der Waals surface area contributed by atoms with Gasteiger partial charge < -0.3 is 9.26 Å². The molecule has 0 aromatic carbocycles. The van der Waals surface area contributed by atoms with Crippen molar-refractivity contribution in [2.24, 2.45) is 0 Å². The summed E-state index contributed by atoms with van der Waals surface area (Å²) in [6.45, 7) is 3.10. The van der Waals surface area contributed by atoms with Gasteiger partial charge in [0.05, 0.1) is 12.7 Å². The largest absolute Gasteiger partial charge is 0.465 e. The monoisotopic (exact) mass is 370 g/mol. The number of sulfonamides is 1. The highest BCUT2D eigenvalue weighted by molar-refractivity contribution is 7.93. The van der Waals surface area contributed by atoms with Gasteiger partial charge in [0.15, 0.2) is 10.7 Å². The van der Waals surface area contributed by atoms with Crippen LogP contribution in [0.25, 0.3) is 0 Å². The zero-order chi connectivity index (χ0) is 17.5. The van der Waals surface area contributed by atoms with Crippen LogP contribution in [0.4, 0.5) is 5.00 Å². The zero-order valence-electron chi connectivity index (χ0n) is 13.6. The van der Waals surface area contributed by atoms with Crippen molar-refractivity contribution in [1.82, 2.24) is 5.16 Å². The molecule has 0 bridgehead atoms. The summed E-state index contributed by atoms with van der Waals surface area (Å²) in [6, 6.07) is 0. The van der Waals surface area contributed by atoms with Gasteiger partial charge in [0.25, 0.3) is 10.0 Å². The summed E-state index contributed by atoms with van der Waals surface area (Å²) in [7, 11) is -2.61. The van der Waals surface area contributed by atoms with Crippen molar-refractivity contribution < 1.29 is 22.5 Å². The number of hydrogen-bond acceptors (Lipinski definition) is 7. The molecule has 2 aromatic rings. The first-order valence-corrected chi connectivity index (χ1v) is 9.83. The number of nitrogens with one attached hydrogen (secondary N) is 1. The Hall–Kier alpha value is -1.87. The Kier molecular flexibility index (Phi) is 4.39. The molecule has 1 aliphatic carbocycles. The smallest absolute Gasteiger partial charge is 0.341 e. The normalized spacial score (nSPS) is 14.3. The van der Waals surface area contributed by atoms with E-state index in [4.69, 9.17) is 9.26 Å². The maximum atomic E-state index is 12.7. The predicted molar refractivity (Wildman–Crippen MR) is 89.1 cm³/mol. The third kappa shape index (κ3) is 2.82. The van der Waals surface area contributed by atoms with Crippen molar-refractivity contribution in [3.05, 3.63) is 27.5 Å². The van der Waals surface area contributed by atoms with Gasteiger partial charge in [-0.05, 0) is 45.1 Å². The molecule has 0 unspecified atom stereocenters. The first-order valence-electron chi connectivity index (χ1n) is 7.53. The number of fused-ring (bicyclic) bond motifs is 1. The van der Waals surface area contributed by atoms with Crippen LogP contribution in [-0.2, 0) is 27.6 Å². The van der Waals surface area contributed by atoms with E-state index in [2.05, 4.69) is 9.88 Å². The second-order valence-corrected chi connectivity index (χ2v) is 8.39. The van der Waals surface area contributed by atoms with Crippen molar-refractivity contribution in [3.8, 4) is 0 Å². The van der Waals surface area contributed by atoms with Gasteiger partial charge in [-0.25, -0.2) is 13.2 Å². The maximum absolute atomic E-state index is 12.7. The van der Waals surface area contributed by atoms with E-state index in [1.165, 1.54) is 25.4 Å². The number of rotatable bonds is 4. The van der Waals surface area contributed by atoms with E-state index in [9.17, 15) is 13.2 Å². The topological polar surface area (TPSA) is 98.5 Å². The molecule has 1 N–H and O–H groups in total. The van der Waals surface area contributed by atoms with Gasteiger partial charge in [0, 0.05) is 4.88 Å². The lowest BCUT2D eigenvalue weighted by atomic mass is 9.95. The van der Waals surface area contributed by atoms with E-state index in [0.29, 0.717) is 10.6 Å². The second-order valence-electron chi connectivity index (χ2n) is 5.67. The van der Waals surface area contributed by atoms with Crippen molar-refractivity contribution in [3.63, 3.8) is 0 Å². The highest BCUT2D eigenvalue weighted by Gasteiger charge is 2.31. The number of carbonyl (C=O) groups excluding carboxylic acids is 1. The Morgan fingerprint density at radius 1 is 1.29 bits per heavy atom. The number of esters is 1. The Morgan fingerprint density at radius 2 is 2.00 bits per heavy atom. The minimum Gasteiger partial charge on any atom is -0.465 e. The van der Waals surface area contributed by atoms with Gasteiger partial charge >= 0.3 is 5.97 Å². The maximum Gasteiger partial charge on any atom is 0.341 e. The van der Waals surface area contributed by atoms with Crippen molar-refractivity contribution in [2.75, 3.05) is 11.8 Å². The van der Waals surface area contributed by atoms with Crippen LogP contribution in [0.1, 0.15) is 45.1 Å². The molecule has 3 rings (SSSR count). The number of methoxy groups -OCH3 is 1. The summed E-state index contributed by atoms with van der Waals surface area (Å²) in [5.41, 5.74) is 1.50. The molecule has 0 saturated heterocycles. The van der Waals surface area contributed by atoms with Gasteiger partial charge in [-0.3, -0.25) is 4.72 Å². The molecule has 130 valence electrons. The van der Waals surface area contributed by atoms with E-state index in [-0.39, 0.29) is 16.3 Å². The fourth-order valence-electron chi connectivity index (χ4n) is 2.99. The van der Waals surface area contributed by atoms with Crippen LogP contribution in [0.2, 0.25) is 0 Å². The minimum absolute atomic E-state index is 0.00434. The molecule has 0 amide bonds. The quantitative estimate of drug-likeness (QED) is 0.831.